The molecule has 2 aromatic carbocycles. The molecule has 0 aromatic heterocycles. The van der Waals surface area contributed by atoms with E-state index in [1.54, 1.807) is 7.11 Å². The van der Waals surface area contributed by atoms with Crippen LogP contribution < -0.4 is 4.74 Å². The van der Waals surface area contributed by atoms with Crippen molar-refractivity contribution >= 4 is 59.4 Å². The fraction of sp³-hybridized carbons (Fsp3) is 0.143. The van der Waals surface area contributed by atoms with Gasteiger partial charge >= 0.3 is 0 Å². The minimum Gasteiger partial charge on any atom is -0.496 e. The predicted octanol–water partition coefficient (Wildman–Crippen LogP) is 6.36. The lowest BCUT2D eigenvalue weighted by Gasteiger charge is -2.16. The summed E-state index contributed by atoms with van der Waals surface area (Å²) in [6.07, 6.45) is 0. The molecule has 0 saturated carbocycles. The predicted molar refractivity (Wildman–Crippen MR) is 90.6 cm³/mol. The molecule has 1 unspecified atom stereocenters. The van der Waals surface area contributed by atoms with Gasteiger partial charge in [0.05, 0.1) is 11.9 Å². The number of benzene rings is 2. The summed E-state index contributed by atoms with van der Waals surface area (Å²) in [5, 5.41) is 0.715. The summed E-state index contributed by atoms with van der Waals surface area (Å²) in [4.78, 5) is -0.0371. The van der Waals surface area contributed by atoms with E-state index >= 15 is 0 Å². The van der Waals surface area contributed by atoms with E-state index in [-0.39, 0.29) is 4.83 Å². The molecule has 0 fully saturated rings. The van der Waals surface area contributed by atoms with E-state index in [0.29, 0.717) is 5.02 Å². The van der Waals surface area contributed by atoms with Gasteiger partial charge in [-0.3, -0.25) is 0 Å². The first-order chi connectivity index (χ1) is 9.02. The maximum Gasteiger partial charge on any atom is 0.123 e. The van der Waals surface area contributed by atoms with E-state index in [1.165, 1.54) is 0 Å². The Kier molecular flexibility index (Phi) is 5.35. The molecule has 0 aliphatic heterocycles. The minimum atomic E-state index is -0.0371. The molecular weight excluding hydrogens is 459 g/mol. The SMILES string of the molecule is COc1ccc(Br)cc1C(Br)c1cc(Br)ccc1Cl. The lowest BCUT2D eigenvalue weighted by Crippen LogP contribution is -1.98. The highest BCUT2D eigenvalue weighted by Gasteiger charge is 2.18. The monoisotopic (exact) mass is 466 g/mol. The molecule has 0 radical (unpaired) electrons. The zero-order chi connectivity index (χ0) is 14.0. The molecule has 1 nitrogen and oxygen atoms in total. The van der Waals surface area contributed by atoms with Crippen LogP contribution in [0.25, 0.3) is 0 Å². The Hall–Kier alpha value is -0.0300. The van der Waals surface area contributed by atoms with Gasteiger partial charge in [0.25, 0.3) is 0 Å². The van der Waals surface area contributed by atoms with Crippen LogP contribution in [0.15, 0.2) is 45.3 Å². The number of halogens is 4. The van der Waals surface area contributed by atoms with E-state index in [2.05, 4.69) is 47.8 Å². The smallest absolute Gasteiger partial charge is 0.123 e. The van der Waals surface area contributed by atoms with E-state index in [0.717, 1.165) is 25.8 Å². The van der Waals surface area contributed by atoms with E-state index in [4.69, 9.17) is 16.3 Å². The fourth-order valence-corrected chi connectivity index (χ4v) is 3.63. The van der Waals surface area contributed by atoms with Gasteiger partial charge in [0.1, 0.15) is 5.75 Å². The van der Waals surface area contributed by atoms with Gasteiger partial charge in [-0.05, 0) is 42.0 Å². The summed E-state index contributed by atoms with van der Waals surface area (Å²) < 4.78 is 7.40. The molecule has 0 N–H and O–H groups in total. The van der Waals surface area contributed by atoms with E-state index < -0.39 is 0 Å². The van der Waals surface area contributed by atoms with Crippen molar-refractivity contribution in [1.82, 2.24) is 0 Å². The van der Waals surface area contributed by atoms with Crippen LogP contribution in [-0.2, 0) is 0 Å². The van der Waals surface area contributed by atoms with Crippen LogP contribution >= 0.6 is 59.4 Å². The lowest BCUT2D eigenvalue weighted by atomic mass is 10.0. The zero-order valence-electron chi connectivity index (χ0n) is 9.96. The average molecular weight is 469 g/mol. The molecule has 0 amide bonds. The second-order valence-electron chi connectivity index (χ2n) is 3.91. The second kappa shape index (κ2) is 6.61. The lowest BCUT2D eigenvalue weighted by molar-refractivity contribution is 0.410. The molecule has 5 heteroatoms. The van der Waals surface area contributed by atoms with Crippen molar-refractivity contribution in [3.63, 3.8) is 0 Å². The number of alkyl halides is 1. The third-order valence-corrected chi connectivity index (χ3v) is 5.01. The average Bonchev–Trinajstić information content (AvgIpc) is 2.40. The van der Waals surface area contributed by atoms with Crippen LogP contribution in [0, 0.1) is 0 Å². The quantitative estimate of drug-likeness (QED) is 0.476. The highest BCUT2D eigenvalue weighted by atomic mass is 79.9. The zero-order valence-corrected chi connectivity index (χ0v) is 15.5. The normalized spacial score (nSPS) is 12.3. The summed E-state index contributed by atoms with van der Waals surface area (Å²) in [6.45, 7) is 0. The highest BCUT2D eigenvalue weighted by Crippen LogP contribution is 2.41. The van der Waals surface area contributed by atoms with Crippen LogP contribution in [0.4, 0.5) is 0 Å². The van der Waals surface area contributed by atoms with E-state index in [9.17, 15) is 0 Å². The summed E-state index contributed by atoms with van der Waals surface area (Å²) in [7, 11) is 1.66. The van der Waals surface area contributed by atoms with Gasteiger partial charge in [-0.15, -0.1) is 0 Å². The van der Waals surface area contributed by atoms with Crippen molar-refractivity contribution < 1.29 is 4.74 Å². The van der Waals surface area contributed by atoms with Crippen LogP contribution in [0.1, 0.15) is 16.0 Å². The first kappa shape index (κ1) is 15.4. The first-order valence-electron chi connectivity index (χ1n) is 5.45. The molecule has 0 saturated heterocycles. The van der Waals surface area contributed by atoms with Crippen molar-refractivity contribution in [2.24, 2.45) is 0 Å². The van der Waals surface area contributed by atoms with Gasteiger partial charge in [0, 0.05) is 19.5 Å². The Morgan fingerprint density at radius 3 is 2.21 bits per heavy atom. The summed E-state index contributed by atoms with van der Waals surface area (Å²) in [5.41, 5.74) is 2.02. The molecule has 0 aliphatic rings. The van der Waals surface area contributed by atoms with Crippen molar-refractivity contribution in [2.75, 3.05) is 7.11 Å². The Labute approximate surface area is 142 Å². The summed E-state index contributed by atoms with van der Waals surface area (Å²) in [5.74, 6) is 0.820. The Bertz CT molecular complexity index is 601. The van der Waals surface area contributed by atoms with Crippen molar-refractivity contribution in [2.45, 2.75) is 4.83 Å². The van der Waals surface area contributed by atoms with Gasteiger partial charge in [-0.2, -0.15) is 0 Å². The van der Waals surface area contributed by atoms with Gasteiger partial charge in [-0.1, -0.05) is 59.4 Å². The molecule has 2 rings (SSSR count). The molecule has 100 valence electrons. The molecule has 0 spiro atoms. The Morgan fingerprint density at radius 1 is 1.00 bits per heavy atom. The van der Waals surface area contributed by atoms with Gasteiger partial charge in [0.2, 0.25) is 0 Å². The van der Waals surface area contributed by atoms with Crippen molar-refractivity contribution in [1.29, 1.82) is 0 Å². The molecule has 0 bridgehead atoms. The van der Waals surface area contributed by atoms with Gasteiger partial charge in [-0.25, -0.2) is 0 Å². The highest BCUT2D eigenvalue weighted by molar-refractivity contribution is 9.11. The summed E-state index contributed by atoms with van der Waals surface area (Å²) in [6, 6.07) is 11.7. The van der Waals surface area contributed by atoms with Crippen LogP contribution in [0.3, 0.4) is 0 Å². The number of hydrogen-bond acceptors (Lipinski definition) is 1. The third kappa shape index (κ3) is 3.54. The Balaban J connectivity index is 2.51. The Morgan fingerprint density at radius 2 is 1.58 bits per heavy atom. The fourth-order valence-electron chi connectivity index (χ4n) is 1.78. The molecule has 0 aliphatic carbocycles. The standard InChI is InChI=1S/C14H10Br3ClO/c1-19-13-5-3-9(16)7-11(13)14(17)10-6-8(15)2-4-12(10)18/h2-7,14H,1H3. The number of methoxy groups -OCH3 is 1. The van der Waals surface area contributed by atoms with Gasteiger partial charge < -0.3 is 4.74 Å². The maximum absolute atomic E-state index is 6.27. The molecule has 2 aromatic rings. The largest absolute Gasteiger partial charge is 0.496 e. The summed E-state index contributed by atoms with van der Waals surface area (Å²) >= 11 is 16.9. The van der Waals surface area contributed by atoms with Crippen molar-refractivity contribution in [3.8, 4) is 5.75 Å². The van der Waals surface area contributed by atoms with Gasteiger partial charge in [0.15, 0.2) is 0 Å². The maximum atomic E-state index is 6.27. The number of hydrogen-bond donors (Lipinski definition) is 0. The van der Waals surface area contributed by atoms with Crippen LogP contribution in [0.2, 0.25) is 5.02 Å². The molecule has 0 heterocycles. The third-order valence-electron chi connectivity index (χ3n) is 2.70. The topological polar surface area (TPSA) is 9.23 Å². The van der Waals surface area contributed by atoms with E-state index in [1.807, 2.05) is 36.4 Å². The second-order valence-corrected chi connectivity index (χ2v) is 7.07. The minimum absolute atomic E-state index is 0.0371. The molecule has 19 heavy (non-hydrogen) atoms. The molecule has 1 atom stereocenters. The van der Waals surface area contributed by atoms with Crippen LogP contribution in [-0.4, -0.2) is 7.11 Å². The first-order valence-corrected chi connectivity index (χ1v) is 8.33. The number of rotatable bonds is 3. The van der Waals surface area contributed by atoms with Crippen molar-refractivity contribution in [3.05, 3.63) is 61.5 Å². The number of ether oxygens (including phenoxy) is 1. The van der Waals surface area contributed by atoms with Crippen LogP contribution in [0.5, 0.6) is 5.75 Å². The molecular formula is C14H10Br3ClO.